The molecule has 3 rings (SSSR count). The normalized spacial score (nSPS) is 10.0. The molecule has 2 aromatic heterocycles. The van der Waals surface area contributed by atoms with Crippen molar-refractivity contribution in [2.45, 2.75) is 6.67 Å². The summed E-state index contributed by atoms with van der Waals surface area (Å²) in [5.74, 6) is 0. The van der Waals surface area contributed by atoms with Crippen LogP contribution < -0.4 is 43.1 Å². The Balaban J connectivity index is 0.000000643. The summed E-state index contributed by atoms with van der Waals surface area (Å²) in [7, 11) is 0. The standard InChI is InChI=1S/C13H12N4O2.C7H4Cl2O.2BrH/c18-14-9-12-1-5-16(6-2-12)11-17-7-3-13(4-8-17)10-15-19;8-6-1-5(4-10)2-7(9)3-6;;/h1-10H,11H2;1-4H;2*1H. The second kappa shape index (κ2) is 15.5. The number of aldehydes is 1. The number of carbonyl (C=O) groups excluding carboxylic acids is 1. The Bertz CT molecular complexity index is 929. The molecule has 0 aliphatic carbocycles. The molecule has 0 saturated heterocycles. The molecule has 7 nitrogen and oxygen atoms in total. The summed E-state index contributed by atoms with van der Waals surface area (Å²) >= 11 is 11.2. The molecule has 0 bridgehead atoms. The fourth-order valence-corrected chi connectivity index (χ4v) is 2.81. The summed E-state index contributed by atoms with van der Waals surface area (Å²) < 4.78 is 3.96. The number of rotatable bonds is 5. The minimum Gasteiger partial charge on any atom is -1.00 e. The van der Waals surface area contributed by atoms with Crippen LogP contribution in [0.2, 0.25) is 10.0 Å². The van der Waals surface area contributed by atoms with E-state index in [0.717, 1.165) is 11.1 Å². The summed E-state index contributed by atoms with van der Waals surface area (Å²) in [6.45, 7) is 0.660. The Labute approximate surface area is 210 Å². The van der Waals surface area contributed by atoms with Crippen molar-refractivity contribution in [3.05, 3.63) is 94.0 Å². The van der Waals surface area contributed by atoms with Crippen LogP contribution >= 0.6 is 23.2 Å². The van der Waals surface area contributed by atoms with Gasteiger partial charge in [0.1, 0.15) is 6.29 Å². The molecule has 31 heavy (non-hydrogen) atoms. The van der Waals surface area contributed by atoms with Crippen molar-refractivity contribution >= 4 is 41.9 Å². The summed E-state index contributed by atoms with van der Waals surface area (Å²) in [4.78, 5) is 10.2. The van der Waals surface area contributed by atoms with E-state index in [1.165, 1.54) is 12.4 Å². The smallest absolute Gasteiger partial charge is 0.343 e. The lowest BCUT2D eigenvalue weighted by Gasteiger charge is -1.95. The molecule has 0 atom stereocenters. The van der Waals surface area contributed by atoms with Crippen molar-refractivity contribution in [2.75, 3.05) is 0 Å². The first-order valence-electron chi connectivity index (χ1n) is 8.28. The van der Waals surface area contributed by atoms with E-state index in [0.29, 0.717) is 28.6 Å². The zero-order chi connectivity index (χ0) is 21.1. The zero-order valence-electron chi connectivity index (χ0n) is 15.9. The molecule has 0 aliphatic heterocycles. The highest BCUT2D eigenvalue weighted by Crippen LogP contribution is 2.17. The number of halogens is 4. The quantitative estimate of drug-likeness (QED) is 0.110. The van der Waals surface area contributed by atoms with Crippen molar-refractivity contribution in [3.8, 4) is 0 Å². The molecule has 0 unspecified atom stereocenters. The van der Waals surface area contributed by atoms with E-state index in [4.69, 9.17) is 33.6 Å². The third kappa shape index (κ3) is 10.5. The Kier molecular flexibility index (Phi) is 14.3. The van der Waals surface area contributed by atoms with Crippen LogP contribution in [-0.2, 0) is 6.67 Å². The molecule has 2 heterocycles. The molecule has 0 fully saturated rings. The predicted molar refractivity (Wildman–Crippen MR) is 109 cm³/mol. The van der Waals surface area contributed by atoms with E-state index < -0.39 is 0 Å². The highest BCUT2D eigenvalue weighted by molar-refractivity contribution is 6.35. The molecule has 1 aromatic carbocycles. The fourth-order valence-electron chi connectivity index (χ4n) is 2.26. The fraction of sp³-hybridized carbons (Fsp3) is 0.0500. The molecule has 0 radical (unpaired) electrons. The molecular weight excluding hydrogens is 575 g/mol. The van der Waals surface area contributed by atoms with E-state index >= 15 is 0 Å². The third-order valence-electron chi connectivity index (χ3n) is 3.60. The Morgan fingerprint density at radius 1 is 0.742 bits per heavy atom. The van der Waals surface area contributed by atoms with Crippen molar-refractivity contribution in [2.24, 2.45) is 10.3 Å². The van der Waals surface area contributed by atoms with Gasteiger partial charge in [-0.1, -0.05) is 33.5 Å². The van der Waals surface area contributed by atoms with Crippen LogP contribution in [0, 0.1) is 0 Å². The topological polar surface area (TPSA) is 90.0 Å². The second-order valence-electron chi connectivity index (χ2n) is 5.74. The number of carbonyl (C=O) groups is 1. The molecule has 0 spiro atoms. The van der Waals surface area contributed by atoms with Crippen molar-refractivity contribution in [3.63, 3.8) is 0 Å². The minimum atomic E-state index is 0. The number of nitrogens with zero attached hydrogens (tertiary/aromatic N) is 4. The van der Waals surface area contributed by atoms with Gasteiger partial charge in [-0.3, -0.25) is 4.79 Å². The largest absolute Gasteiger partial charge is 1.00 e. The number of hydrogen-bond acceptors (Lipinski definition) is 5. The number of aromatic nitrogens is 2. The maximum absolute atomic E-state index is 10.2. The van der Waals surface area contributed by atoms with E-state index in [2.05, 4.69) is 10.3 Å². The molecular formula is C20H18Br2Cl2N4O3. The first-order valence-corrected chi connectivity index (χ1v) is 9.04. The van der Waals surface area contributed by atoms with Crippen LogP contribution in [0.3, 0.4) is 0 Å². The number of hydrogen-bond donors (Lipinski definition) is 2. The van der Waals surface area contributed by atoms with Gasteiger partial charge in [0.05, 0.1) is 12.4 Å². The van der Waals surface area contributed by atoms with Gasteiger partial charge in [-0.2, -0.15) is 0 Å². The van der Waals surface area contributed by atoms with Gasteiger partial charge >= 0.3 is 6.67 Å². The summed E-state index contributed by atoms with van der Waals surface area (Å²) in [6, 6.07) is 12.1. The van der Waals surface area contributed by atoms with Crippen molar-refractivity contribution in [1.29, 1.82) is 0 Å². The van der Waals surface area contributed by atoms with Gasteiger partial charge in [0, 0.05) is 51.0 Å². The van der Waals surface area contributed by atoms with Gasteiger partial charge in [-0.15, -0.1) is 9.13 Å². The maximum atomic E-state index is 10.2. The number of oxime groups is 2. The number of benzene rings is 1. The average Bonchev–Trinajstić information content (AvgIpc) is 2.71. The average molecular weight is 593 g/mol. The van der Waals surface area contributed by atoms with E-state index in [1.54, 1.807) is 18.2 Å². The summed E-state index contributed by atoms with van der Waals surface area (Å²) in [6.07, 6.45) is 11.0. The molecule has 0 aliphatic rings. The van der Waals surface area contributed by atoms with E-state index in [-0.39, 0.29) is 34.0 Å². The summed E-state index contributed by atoms with van der Waals surface area (Å²) in [5.41, 5.74) is 2.16. The molecule has 164 valence electrons. The molecule has 0 saturated carbocycles. The Hall–Kier alpha value is -2.33. The lowest BCUT2D eigenvalue weighted by Crippen LogP contribution is -3.00. The molecule has 2 N–H and O–H groups in total. The van der Waals surface area contributed by atoms with Crippen LogP contribution in [0.1, 0.15) is 21.5 Å². The summed E-state index contributed by atoms with van der Waals surface area (Å²) in [5, 5.41) is 23.8. The minimum absolute atomic E-state index is 0. The Morgan fingerprint density at radius 2 is 1.13 bits per heavy atom. The van der Waals surface area contributed by atoms with Crippen molar-refractivity contribution < 1.29 is 58.3 Å². The highest BCUT2D eigenvalue weighted by atomic mass is 79.9. The third-order valence-corrected chi connectivity index (χ3v) is 4.03. The SMILES string of the molecule is O/N=C\c1cc[n+](C[n+]2ccc(/C=N\O)cc2)cc1.O=Cc1cc(Cl)cc(Cl)c1.[Br-].[Br-]. The van der Waals surface area contributed by atoms with Crippen LogP contribution in [0.5, 0.6) is 0 Å². The Morgan fingerprint density at radius 3 is 1.45 bits per heavy atom. The van der Waals surface area contributed by atoms with Gasteiger partial charge in [0.25, 0.3) is 0 Å². The van der Waals surface area contributed by atoms with Crippen LogP contribution in [0.15, 0.2) is 77.6 Å². The van der Waals surface area contributed by atoms with Crippen molar-refractivity contribution in [1.82, 2.24) is 0 Å². The monoisotopic (exact) mass is 590 g/mol. The molecule has 11 heteroatoms. The van der Waals surface area contributed by atoms with Crippen LogP contribution in [0.25, 0.3) is 0 Å². The van der Waals surface area contributed by atoms with E-state index in [9.17, 15) is 4.79 Å². The van der Waals surface area contributed by atoms with Gasteiger partial charge in [0.2, 0.25) is 0 Å². The first-order chi connectivity index (χ1) is 14.0. The molecule has 3 aromatic rings. The van der Waals surface area contributed by atoms with Gasteiger partial charge in [0.15, 0.2) is 24.8 Å². The lowest BCUT2D eigenvalue weighted by molar-refractivity contribution is -0.913. The highest BCUT2D eigenvalue weighted by Gasteiger charge is 2.07. The van der Waals surface area contributed by atoms with Crippen LogP contribution in [-0.4, -0.2) is 29.1 Å². The predicted octanol–water partition coefficient (Wildman–Crippen LogP) is -2.80. The molecule has 0 amide bonds. The number of pyridine rings is 2. The van der Waals surface area contributed by atoms with Gasteiger partial charge < -0.3 is 44.4 Å². The van der Waals surface area contributed by atoms with Gasteiger partial charge in [-0.05, 0) is 18.2 Å². The van der Waals surface area contributed by atoms with E-state index in [1.807, 2.05) is 58.2 Å². The first kappa shape index (κ1) is 28.7. The van der Waals surface area contributed by atoms with Crippen LogP contribution in [0.4, 0.5) is 0 Å². The van der Waals surface area contributed by atoms with Gasteiger partial charge in [-0.25, -0.2) is 0 Å². The second-order valence-corrected chi connectivity index (χ2v) is 6.62. The maximum Gasteiger partial charge on any atom is 0.343 e. The zero-order valence-corrected chi connectivity index (χ0v) is 20.6. The lowest BCUT2D eigenvalue weighted by atomic mass is 10.2.